The molecule has 2 unspecified atom stereocenters. The van der Waals surface area contributed by atoms with Crippen LogP contribution in [0.25, 0.3) is 11.0 Å². The number of aromatic amines is 1. The summed E-state index contributed by atoms with van der Waals surface area (Å²) in [5, 5.41) is 9.38. The lowest BCUT2D eigenvalue weighted by molar-refractivity contribution is 0.476. The normalized spacial score (nSPS) is 25.3. The number of rotatable bonds is 1. The van der Waals surface area contributed by atoms with Gasteiger partial charge in [0.1, 0.15) is 11.6 Å². The topological polar surface area (TPSA) is 74.9 Å². The van der Waals surface area contributed by atoms with E-state index in [-0.39, 0.29) is 5.75 Å². The van der Waals surface area contributed by atoms with Gasteiger partial charge in [-0.05, 0) is 31.4 Å². The molecule has 16 heavy (non-hydrogen) atoms. The maximum Gasteiger partial charge on any atom is 0.117 e. The Kier molecular flexibility index (Phi) is 2.11. The quantitative estimate of drug-likeness (QED) is 0.682. The number of fused-ring (bicyclic) bond motifs is 1. The summed E-state index contributed by atoms with van der Waals surface area (Å²) >= 11 is 0. The van der Waals surface area contributed by atoms with Crippen LogP contribution in [0.3, 0.4) is 0 Å². The highest BCUT2D eigenvalue weighted by Crippen LogP contribution is 2.33. The van der Waals surface area contributed by atoms with Crippen molar-refractivity contribution in [2.75, 3.05) is 0 Å². The number of nitrogens with zero attached hydrogens (tertiary/aromatic N) is 1. The number of aromatic nitrogens is 2. The standard InChI is InChI=1S/C12H15N3O/c13-8-2-1-7(5-8)12-14-10-4-3-9(16)6-11(10)15-12/h3-4,6-8,16H,1-2,5,13H2,(H,14,15). The average molecular weight is 217 g/mol. The van der Waals surface area contributed by atoms with Gasteiger partial charge in [0.05, 0.1) is 11.0 Å². The van der Waals surface area contributed by atoms with E-state index in [1.54, 1.807) is 12.1 Å². The summed E-state index contributed by atoms with van der Waals surface area (Å²) in [4.78, 5) is 7.82. The molecule has 4 nitrogen and oxygen atoms in total. The van der Waals surface area contributed by atoms with Gasteiger partial charge in [0.25, 0.3) is 0 Å². The van der Waals surface area contributed by atoms with E-state index in [9.17, 15) is 5.11 Å². The number of H-pyrrole nitrogens is 1. The van der Waals surface area contributed by atoms with Crippen LogP contribution in [0.15, 0.2) is 18.2 Å². The molecule has 0 saturated heterocycles. The van der Waals surface area contributed by atoms with Crippen LogP contribution >= 0.6 is 0 Å². The fourth-order valence-corrected chi connectivity index (χ4v) is 2.48. The zero-order valence-corrected chi connectivity index (χ0v) is 8.98. The van der Waals surface area contributed by atoms with Crippen LogP contribution in [-0.4, -0.2) is 21.1 Å². The molecule has 2 aromatic rings. The summed E-state index contributed by atoms with van der Waals surface area (Å²) in [5.74, 6) is 1.73. The lowest BCUT2D eigenvalue weighted by Gasteiger charge is -2.04. The van der Waals surface area contributed by atoms with Crippen LogP contribution < -0.4 is 5.73 Å². The van der Waals surface area contributed by atoms with Crippen molar-refractivity contribution in [1.29, 1.82) is 0 Å². The first-order valence-electron chi connectivity index (χ1n) is 5.66. The summed E-state index contributed by atoms with van der Waals surface area (Å²) in [6.07, 6.45) is 3.19. The van der Waals surface area contributed by atoms with Gasteiger partial charge < -0.3 is 15.8 Å². The molecule has 1 saturated carbocycles. The van der Waals surface area contributed by atoms with Crippen molar-refractivity contribution in [2.24, 2.45) is 5.73 Å². The molecule has 1 aliphatic rings. The summed E-state index contributed by atoms with van der Waals surface area (Å²) in [5.41, 5.74) is 7.71. The molecule has 0 bridgehead atoms. The molecule has 1 fully saturated rings. The van der Waals surface area contributed by atoms with Crippen LogP contribution in [0.5, 0.6) is 5.75 Å². The molecule has 0 aliphatic heterocycles. The Labute approximate surface area is 93.5 Å². The number of imidazole rings is 1. The second-order valence-corrected chi connectivity index (χ2v) is 4.59. The van der Waals surface area contributed by atoms with Crippen molar-refractivity contribution < 1.29 is 5.11 Å². The highest BCUT2D eigenvalue weighted by atomic mass is 16.3. The minimum absolute atomic E-state index is 0.269. The first-order chi connectivity index (χ1) is 7.72. The SMILES string of the molecule is NC1CCC(c2nc3ccc(O)cc3[nH]2)C1. The first-order valence-corrected chi connectivity index (χ1v) is 5.66. The number of benzene rings is 1. The second-order valence-electron chi connectivity index (χ2n) is 4.59. The monoisotopic (exact) mass is 217 g/mol. The van der Waals surface area contributed by atoms with Gasteiger partial charge in [-0.15, -0.1) is 0 Å². The van der Waals surface area contributed by atoms with Crippen LogP contribution in [0.4, 0.5) is 0 Å². The van der Waals surface area contributed by atoms with Crippen molar-refractivity contribution in [3.8, 4) is 5.75 Å². The highest BCUT2D eigenvalue weighted by molar-refractivity contribution is 5.76. The molecule has 4 heteroatoms. The number of phenolic OH excluding ortho intramolecular Hbond substituents is 1. The molecule has 0 amide bonds. The van der Waals surface area contributed by atoms with Crippen molar-refractivity contribution in [1.82, 2.24) is 9.97 Å². The van der Waals surface area contributed by atoms with Gasteiger partial charge in [0.15, 0.2) is 0 Å². The number of hydrogen-bond donors (Lipinski definition) is 3. The number of hydrogen-bond acceptors (Lipinski definition) is 3. The number of phenols is 1. The van der Waals surface area contributed by atoms with E-state index >= 15 is 0 Å². The Bertz CT molecular complexity index is 520. The van der Waals surface area contributed by atoms with Crippen molar-refractivity contribution >= 4 is 11.0 Å². The smallest absolute Gasteiger partial charge is 0.117 e. The zero-order chi connectivity index (χ0) is 11.1. The van der Waals surface area contributed by atoms with E-state index in [1.165, 1.54) is 0 Å². The lowest BCUT2D eigenvalue weighted by Crippen LogP contribution is -2.14. The maximum absolute atomic E-state index is 9.38. The number of nitrogens with two attached hydrogens (primary N) is 1. The van der Waals surface area contributed by atoms with Gasteiger partial charge in [-0.1, -0.05) is 0 Å². The Morgan fingerprint density at radius 2 is 2.25 bits per heavy atom. The van der Waals surface area contributed by atoms with Crippen molar-refractivity contribution in [2.45, 2.75) is 31.2 Å². The highest BCUT2D eigenvalue weighted by Gasteiger charge is 2.25. The van der Waals surface area contributed by atoms with E-state index in [4.69, 9.17) is 5.73 Å². The van der Waals surface area contributed by atoms with Crippen molar-refractivity contribution in [3.05, 3.63) is 24.0 Å². The molecule has 1 heterocycles. The average Bonchev–Trinajstić information content (AvgIpc) is 2.83. The Morgan fingerprint density at radius 1 is 1.38 bits per heavy atom. The van der Waals surface area contributed by atoms with Crippen LogP contribution in [-0.2, 0) is 0 Å². The molecule has 1 aromatic carbocycles. The fourth-order valence-electron chi connectivity index (χ4n) is 2.48. The van der Waals surface area contributed by atoms with Gasteiger partial charge in [0, 0.05) is 18.0 Å². The van der Waals surface area contributed by atoms with E-state index in [0.717, 1.165) is 36.1 Å². The van der Waals surface area contributed by atoms with Crippen LogP contribution in [0, 0.1) is 0 Å². The molecule has 1 aliphatic carbocycles. The predicted octanol–water partition coefficient (Wildman–Crippen LogP) is 1.86. The van der Waals surface area contributed by atoms with Crippen molar-refractivity contribution in [3.63, 3.8) is 0 Å². The molecule has 4 N–H and O–H groups in total. The van der Waals surface area contributed by atoms with Crippen LogP contribution in [0.2, 0.25) is 0 Å². The summed E-state index contributed by atoms with van der Waals surface area (Å²) in [6.45, 7) is 0. The summed E-state index contributed by atoms with van der Waals surface area (Å²) in [6, 6.07) is 5.51. The molecule has 3 rings (SSSR count). The molecule has 1 aromatic heterocycles. The number of aromatic hydroxyl groups is 1. The third-order valence-corrected chi connectivity index (χ3v) is 3.34. The van der Waals surface area contributed by atoms with E-state index in [1.807, 2.05) is 6.07 Å². The summed E-state index contributed by atoms with van der Waals surface area (Å²) < 4.78 is 0. The second kappa shape index (κ2) is 3.49. The van der Waals surface area contributed by atoms with Gasteiger partial charge in [-0.3, -0.25) is 0 Å². The Morgan fingerprint density at radius 3 is 3.00 bits per heavy atom. The van der Waals surface area contributed by atoms with E-state index in [0.29, 0.717) is 12.0 Å². The molecule has 0 radical (unpaired) electrons. The summed E-state index contributed by atoms with van der Waals surface area (Å²) in [7, 11) is 0. The minimum Gasteiger partial charge on any atom is -0.508 e. The van der Waals surface area contributed by atoms with E-state index < -0.39 is 0 Å². The zero-order valence-electron chi connectivity index (χ0n) is 8.98. The Balaban J connectivity index is 1.99. The molecule has 0 spiro atoms. The molecule has 2 atom stereocenters. The van der Waals surface area contributed by atoms with Gasteiger partial charge in [-0.2, -0.15) is 0 Å². The minimum atomic E-state index is 0.269. The van der Waals surface area contributed by atoms with Gasteiger partial charge in [0.2, 0.25) is 0 Å². The first kappa shape index (κ1) is 9.66. The number of nitrogens with one attached hydrogen (secondary N) is 1. The van der Waals surface area contributed by atoms with Crippen LogP contribution in [0.1, 0.15) is 31.0 Å². The third-order valence-electron chi connectivity index (χ3n) is 3.34. The van der Waals surface area contributed by atoms with E-state index in [2.05, 4.69) is 9.97 Å². The van der Waals surface area contributed by atoms with Gasteiger partial charge >= 0.3 is 0 Å². The predicted molar refractivity (Wildman–Crippen MR) is 62.3 cm³/mol. The van der Waals surface area contributed by atoms with Gasteiger partial charge in [-0.25, -0.2) is 4.98 Å². The molecule has 84 valence electrons. The Hall–Kier alpha value is -1.55. The lowest BCUT2D eigenvalue weighted by atomic mass is 10.1. The maximum atomic E-state index is 9.38. The fraction of sp³-hybridized carbons (Fsp3) is 0.417. The third kappa shape index (κ3) is 1.55. The largest absolute Gasteiger partial charge is 0.508 e. The molecular formula is C12H15N3O. The molecular weight excluding hydrogens is 202 g/mol.